The molecule has 1 aliphatic rings. The van der Waals surface area contributed by atoms with E-state index in [0.717, 1.165) is 44.0 Å². The van der Waals surface area contributed by atoms with Crippen molar-refractivity contribution in [2.45, 2.75) is 6.54 Å². The maximum atomic E-state index is 11.7. The van der Waals surface area contributed by atoms with Gasteiger partial charge in [0.05, 0.1) is 7.11 Å². The van der Waals surface area contributed by atoms with Gasteiger partial charge in [0.2, 0.25) is 0 Å². The first-order valence-corrected chi connectivity index (χ1v) is 7.35. The van der Waals surface area contributed by atoms with Gasteiger partial charge in [0.1, 0.15) is 5.75 Å². The molecule has 2 rings (SSSR count). The third-order valence-electron chi connectivity index (χ3n) is 3.54. The van der Waals surface area contributed by atoms with Crippen LogP contribution in [0.25, 0.3) is 0 Å². The summed E-state index contributed by atoms with van der Waals surface area (Å²) in [4.78, 5) is 14.1. The van der Waals surface area contributed by atoms with Gasteiger partial charge in [-0.3, -0.25) is 4.90 Å². The number of rotatable bonds is 6. The molecule has 3 N–H and O–H groups in total. The molecule has 1 fully saturated rings. The predicted molar refractivity (Wildman–Crippen MR) is 82.5 cm³/mol. The Hall–Kier alpha value is -1.79. The minimum atomic E-state index is -0.124. The number of hydrogen-bond acceptors (Lipinski definition) is 4. The molecule has 1 heterocycles. The van der Waals surface area contributed by atoms with E-state index in [4.69, 9.17) is 4.74 Å². The topological polar surface area (TPSA) is 65.6 Å². The van der Waals surface area contributed by atoms with Crippen molar-refractivity contribution in [3.05, 3.63) is 29.8 Å². The maximum Gasteiger partial charge on any atom is 0.315 e. The number of urea groups is 1. The molecule has 0 aromatic heterocycles. The summed E-state index contributed by atoms with van der Waals surface area (Å²) in [5.41, 5.74) is 1.05. The molecule has 1 saturated heterocycles. The summed E-state index contributed by atoms with van der Waals surface area (Å²) in [5.74, 6) is 0.819. The van der Waals surface area contributed by atoms with Crippen LogP contribution in [0.3, 0.4) is 0 Å². The van der Waals surface area contributed by atoms with Gasteiger partial charge in [-0.05, 0) is 17.7 Å². The van der Waals surface area contributed by atoms with Gasteiger partial charge in [-0.25, -0.2) is 4.79 Å². The first-order chi connectivity index (χ1) is 10.3. The van der Waals surface area contributed by atoms with Gasteiger partial charge in [-0.15, -0.1) is 0 Å². The van der Waals surface area contributed by atoms with Gasteiger partial charge in [0.15, 0.2) is 0 Å². The number of piperazine rings is 1. The quantitative estimate of drug-likeness (QED) is 0.710. The van der Waals surface area contributed by atoms with Gasteiger partial charge >= 0.3 is 6.03 Å². The lowest BCUT2D eigenvalue weighted by Gasteiger charge is -2.27. The van der Waals surface area contributed by atoms with Crippen molar-refractivity contribution >= 4 is 6.03 Å². The third-order valence-corrected chi connectivity index (χ3v) is 3.54. The summed E-state index contributed by atoms with van der Waals surface area (Å²) in [6.45, 7) is 6.26. The van der Waals surface area contributed by atoms with E-state index >= 15 is 0 Å². The lowest BCUT2D eigenvalue weighted by atomic mass is 10.2. The molecule has 21 heavy (non-hydrogen) atoms. The number of amides is 2. The zero-order chi connectivity index (χ0) is 14.9. The molecule has 1 aliphatic heterocycles. The lowest BCUT2D eigenvalue weighted by Crippen LogP contribution is -2.47. The standard InChI is InChI=1S/C15H24N4O2/c1-21-14-4-2-13(3-5-14)12-18-15(20)17-8-11-19-9-6-16-7-10-19/h2-5,16H,6-12H2,1H3,(H2,17,18,20). The summed E-state index contributed by atoms with van der Waals surface area (Å²) in [7, 11) is 1.64. The van der Waals surface area contributed by atoms with E-state index in [1.54, 1.807) is 7.11 Å². The molecule has 0 aliphatic carbocycles. The summed E-state index contributed by atoms with van der Waals surface area (Å²) >= 11 is 0. The Bertz CT molecular complexity index is 430. The molecule has 0 radical (unpaired) electrons. The molecule has 6 heteroatoms. The molecule has 0 bridgehead atoms. The molecule has 6 nitrogen and oxygen atoms in total. The fourth-order valence-electron chi connectivity index (χ4n) is 2.25. The zero-order valence-corrected chi connectivity index (χ0v) is 12.5. The van der Waals surface area contributed by atoms with E-state index in [1.165, 1.54) is 0 Å². The number of ether oxygens (including phenoxy) is 1. The van der Waals surface area contributed by atoms with Crippen LogP contribution in [0.4, 0.5) is 4.79 Å². The van der Waals surface area contributed by atoms with Crippen LogP contribution in [-0.4, -0.2) is 57.3 Å². The Morgan fingerprint density at radius 2 is 1.95 bits per heavy atom. The molecular formula is C15H24N4O2. The van der Waals surface area contributed by atoms with Crippen LogP contribution in [-0.2, 0) is 6.54 Å². The van der Waals surface area contributed by atoms with Crippen molar-refractivity contribution in [1.82, 2.24) is 20.9 Å². The highest BCUT2D eigenvalue weighted by atomic mass is 16.5. The van der Waals surface area contributed by atoms with Crippen molar-refractivity contribution in [2.75, 3.05) is 46.4 Å². The van der Waals surface area contributed by atoms with E-state index in [2.05, 4.69) is 20.9 Å². The molecule has 1 aromatic carbocycles. The summed E-state index contributed by atoms with van der Waals surface area (Å²) in [6, 6.07) is 7.54. The normalized spacial score (nSPS) is 15.5. The largest absolute Gasteiger partial charge is 0.497 e. The first kappa shape index (κ1) is 15.6. The molecule has 0 unspecified atom stereocenters. The van der Waals surface area contributed by atoms with Crippen molar-refractivity contribution < 1.29 is 9.53 Å². The summed E-state index contributed by atoms with van der Waals surface area (Å²) < 4.78 is 5.10. The molecule has 2 amide bonds. The molecule has 0 atom stereocenters. The number of nitrogens with zero attached hydrogens (tertiary/aromatic N) is 1. The fourth-order valence-corrected chi connectivity index (χ4v) is 2.25. The van der Waals surface area contributed by atoms with Gasteiger partial charge < -0.3 is 20.7 Å². The number of methoxy groups -OCH3 is 1. The minimum absolute atomic E-state index is 0.124. The zero-order valence-electron chi connectivity index (χ0n) is 12.5. The molecule has 0 spiro atoms. The molecule has 116 valence electrons. The highest BCUT2D eigenvalue weighted by molar-refractivity contribution is 5.73. The second-order valence-electron chi connectivity index (χ2n) is 5.05. The number of carbonyl (C=O) groups is 1. The number of carbonyl (C=O) groups excluding carboxylic acids is 1. The molecular weight excluding hydrogens is 268 g/mol. The van der Waals surface area contributed by atoms with Crippen molar-refractivity contribution in [3.8, 4) is 5.75 Å². The number of hydrogen-bond donors (Lipinski definition) is 3. The van der Waals surface area contributed by atoms with Crippen LogP contribution < -0.4 is 20.7 Å². The third kappa shape index (κ3) is 5.61. The Kier molecular flexibility index (Phi) is 6.30. The summed E-state index contributed by atoms with van der Waals surface area (Å²) in [6.07, 6.45) is 0. The average Bonchev–Trinajstić information content (AvgIpc) is 2.54. The summed E-state index contributed by atoms with van der Waals surface area (Å²) in [5, 5.41) is 9.05. The van der Waals surface area contributed by atoms with Crippen molar-refractivity contribution in [1.29, 1.82) is 0 Å². The van der Waals surface area contributed by atoms with Gasteiger partial charge in [0, 0.05) is 45.8 Å². The highest BCUT2D eigenvalue weighted by Gasteiger charge is 2.09. The van der Waals surface area contributed by atoms with Gasteiger partial charge in [-0.1, -0.05) is 12.1 Å². The minimum Gasteiger partial charge on any atom is -0.497 e. The Morgan fingerprint density at radius 1 is 1.24 bits per heavy atom. The lowest BCUT2D eigenvalue weighted by molar-refractivity contribution is 0.226. The van der Waals surface area contributed by atoms with Crippen LogP contribution in [0.5, 0.6) is 5.75 Å². The molecule has 0 saturated carbocycles. The smallest absolute Gasteiger partial charge is 0.315 e. The van der Waals surface area contributed by atoms with Crippen LogP contribution in [0.15, 0.2) is 24.3 Å². The second-order valence-corrected chi connectivity index (χ2v) is 5.05. The molecule has 1 aromatic rings. The van der Waals surface area contributed by atoms with E-state index in [-0.39, 0.29) is 6.03 Å². The van der Waals surface area contributed by atoms with E-state index in [0.29, 0.717) is 13.1 Å². The Labute approximate surface area is 125 Å². The average molecular weight is 292 g/mol. The van der Waals surface area contributed by atoms with Gasteiger partial charge in [-0.2, -0.15) is 0 Å². The van der Waals surface area contributed by atoms with Crippen LogP contribution in [0.2, 0.25) is 0 Å². The van der Waals surface area contributed by atoms with E-state index < -0.39 is 0 Å². The Balaban J connectivity index is 1.60. The van der Waals surface area contributed by atoms with E-state index in [1.807, 2.05) is 24.3 Å². The first-order valence-electron chi connectivity index (χ1n) is 7.35. The SMILES string of the molecule is COc1ccc(CNC(=O)NCCN2CCNCC2)cc1. The van der Waals surface area contributed by atoms with Gasteiger partial charge in [0.25, 0.3) is 0 Å². The monoisotopic (exact) mass is 292 g/mol. The van der Waals surface area contributed by atoms with Crippen molar-refractivity contribution in [2.24, 2.45) is 0 Å². The van der Waals surface area contributed by atoms with E-state index in [9.17, 15) is 4.79 Å². The number of benzene rings is 1. The van der Waals surface area contributed by atoms with Crippen LogP contribution in [0, 0.1) is 0 Å². The number of nitrogens with one attached hydrogen (secondary N) is 3. The van der Waals surface area contributed by atoms with Crippen LogP contribution in [0.1, 0.15) is 5.56 Å². The Morgan fingerprint density at radius 3 is 2.62 bits per heavy atom. The van der Waals surface area contributed by atoms with Crippen LogP contribution >= 0.6 is 0 Å². The van der Waals surface area contributed by atoms with Crippen molar-refractivity contribution in [3.63, 3.8) is 0 Å². The maximum absolute atomic E-state index is 11.7. The highest BCUT2D eigenvalue weighted by Crippen LogP contribution is 2.10. The predicted octanol–water partition coefficient (Wildman–Crippen LogP) is 0.400. The second kappa shape index (κ2) is 8.49. The fraction of sp³-hybridized carbons (Fsp3) is 0.533.